The maximum absolute atomic E-state index is 12.8. The lowest BCUT2D eigenvalue weighted by atomic mass is 10.1. The van der Waals surface area contributed by atoms with Crippen molar-refractivity contribution < 1.29 is 19.1 Å². The molecule has 1 aliphatic rings. The summed E-state index contributed by atoms with van der Waals surface area (Å²) in [6.07, 6.45) is 3.39. The van der Waals surface area contributed by atoms with Crippen molar-refractivity contribution >= 4 is 61.8 Å². The van der Waals surface area contributed by atoms with Crippen LogP contribution < -0.4 is 0 Å². The fourth-order valence-electron chi connectivity index (χ4n) is 3.51. The maximum atomic E-state index is 12.8. The van der Waals surface area contributed by atoms with Gasteiger partial charge in [-0.1, -0.05) is 46.3 Å². The molecule has 0 bridgehead atoms. The number of nitrogens with zero attached hydrogens (tertiary/aromatic N) is 2. The highest BCUT2D eigenvalue weighted by atomic mass is 79.9. The molecular weight excluding hydrogens is 492 g/mol. The number of para-hydroxylation sites is 1. The van der Waals surface area contributed by atoms with E-state index < -0.39 is 17.1 Å². The van der Waals surface area contributed by atoms with E-state index in [4.69, 9.17) is 4.74 Å². The average molecular weight is 513 g/mol. The number of aromatic nitrogens is 1. The van der Waals surface area contributed by atoms with Gasteiger partial charge in [0.15, 0.2) is 0 Å². The van der Waals surface area contributed by atoms with Gasteiger partial charge in [0.25, 0.3) is 11.1 Å². The Morgan fingerprint density at radius 2 is 1.84 bits per heavy atom. The summed E-state index contributed by atoms with van der Waals surface area (Å²) in [7, 11) is 0. The van der Waals surface area contributed by atoms with Crippen LogP contribution in [0.1, 0.15) is 25.0 Å². The van der Waals surface area contributed by atoms with Crippen molar-refractivity contribution in [1.29, 1.82) is 0 Å². The van der Waals surface area contributed by atoms with Crippen LogP contribution in [0.15, 0.2) is 64.1 Å². The molecular formula is C24H21BrN2O4S. The van der Waals surface area contributed by atoms with Crippen LogP contribution >= 0.6 is 27.7 Å². The first kappa shape index (κ1) is 22.4. The fraction of sp³-hybridized carbons (Fsp3) is 0.208. The zero-order valence-electron chi connectivity index (χ0n) is 17.6. The molecule has 2 aromatic carbocycles. The zero-order chi connectivity index (χ0) is 22.8. The van der Waals surface area contributed by atoms with Crippen LogP contribution in [0.3, 0.4) is 0 Å². The predicted octanol–water partition coefficient (Wildman–Crippen LogP) is 5.44. The summed E-state index contributed by atoms with van der Waals surface area (Å²) in [4.78, 5) is 38.3. The molecule has 0 saturated carbocycles. The van der Waals surface area contributed by atoms with Crippen molar-refractivity contribution in [3.8, 4) is 0 Å². The number of hydrogen-bond donors (Lipinski definition) is 0. The summed E-state index contributed by atoms with van der Waals surface area (Å²) in [6, 6.07) is 16.0. The first-order valence-corrected chi connectivity index (χ1v) is 11.7. The summed E-state index contributed by atoms with van der Waals surface area (Å²) in [6.45, 7) is 3.72. The van der Waals surface area contributed by atoms with Crippen LogP contribution in [-0.4, -0.2) is 39.2 Å². The molecule has 6 nitrogen and oxygen atoms in total. The minimum absolute atomic E-state index is 0.291. The lowest BCUT2D eigenvalue weighted by Crippen LogP contribution is -2.35. The molecule has 0 N–H and O–H groups in total. The average Bonchev–Trinajstić information content (AvgIpc) is 3.21. The van der Waals surface area contributed by atoms with E-state index in [1.54, 1.807) is 19.9 Å². The number of imide groups is 1. The van der Waals surface area contributed by atoms with Gasteiger partial charge in [-0.3, -0.25) is 19.3 Å². The Kier molecular flexibility index (Phi) is 6.53. The smallest absolute Gasteiger partial charge is 0.326 e. The van der Waals surface area contributed by atoms with E-state index in [0.717, 1.165) is 43.2 Å². The van der Waals surface area contributed by atoms with Gasteiger partial charge < -0.3 is 9.30 Å². The summed E-state index contributed by atoms with van der Waals surface area (Å²) >= 11 is 4.29. The van der Waals surface area contributed by atoms with Crippen LogP contribution in [0, 0.1) is 0 Å². The number of fused-ring (bicyclic) bond motifs is 1. The maximum Gasteiger partial charge on any atom is 0.326 e. The van der Waals surface area contributed by atoms with Gasteiger partial charge in [0.2, 0.25) is 0 Å². The normalized spacial score (nSPS) is 15.4. The van der Waals surface area contributed by atoms with Crippen molar-refractivity contribution in [2.24, 2.45) is 0 Å². The first-order valence-electron chi connectivity index (χ1n) is 10.1. The third-order valence-corrected chi connectivity index (χ3v) is 6.34. The first-order chi connectivity index (χ1) is 15.3. The summed E-state index contributed by atoms with van der Waals surface area (Å²) in [5.74, 6) is -1.08. The molecule has 3 aromatic rings. The molecule has 1 saturated heterocycles. The number of benzene rings is 2. The molecule has 1 aromatic heterocycles. The van der Waals surface area contributed by atoms with Gasteiger partial charge in [-0.15, -0.1) is 0 Å². The topological polar surface area (TPSA) is 68.6 Å². The van der Waals surface area contributed by atoms with Crippen LogP contribution in [0.5, 0.6) is 0 Å². The van der Waals surface area contributed by atoms with E-state index in [2.05, 4.69) is 32.6 Å². The quantitative estimate of drug-likeness (QED) is 0.325. The molecule has 0 spiro atoms. The molecule has 0 unspecified atom stereocenters. The van der Waals surface area contributed by atoms with Gasteiger partial charge in [0, 0.05) is 33.7 Å². The number of thioether (sulfide) groups is 1. The molecule has 32 heavy (non-hydrogen) atoms. The molecule has 0 radical (unpaired) electrons. The third-order valence-electron chi connectivity index (χ3n) is 4.90. The van der Waals surface area contributed by atoms with Crippen molar-refractivity contribution in [3.05, 3.63) is 75.2 Å². The number of rotatable bonds is 6. The Morgan fingerprint density at radius 1 is 1.12 bits per heavy atom. The molecule has 164 valence electrons. The number of hydrogen-bond acceptors (Lipinski definition) is 5. The van der Waals surface area contributed by atoms with E-state index in [1.807, 2.05) is 42.6 Å². The Hall–Kier alpha value is -2.84. The predicted molar refractivity (Wildman–Crippen MR) is 129 cm³/mol. The second-order valence-corrected chi connectivity index (χ2v) is 9.57. The van der Waals surface area contributed by atoms with E-state index in [-0.39, 0.29) is 12.6 Å². The Balaban J connectivity index is 1.62. The second-order valence-electron chi connectivity index (χ2n) is 7.66. The fourth-order valence-corrected chi connectivity index (χ4v) is 4.61. The van der Waals surface area contributed by atoms with Gasteiger partial charge >= 0.3 is 5.97 Å². The number of carbonyl (C=O) groups excluding carboxylic acids is 3. The molecule has 1 fully saturated rings. The Labute approximate surface area is 198 Å². The van der Waals surface area contributed by atoms with Gasteiger partial charge in [0.1, 0.15) is 6.54 Å². The van der Waals surface area contributed by atoms with Crippen LogP contribution in [0.4, 0.5) is 4.79 Å². The van der Waals surface area contributed by atoms with E-state index in [0.29, 0.717) is 11.4 Å². The minimum atomic E-state index is -0.602. The minimum Gasteiger partial charge on any atom is -0.462 e. The lowest BCUT2D eigenvalue weighted by Gasteiger charge is -2.13. The van der Waals surface area contributed by atoms with E-state index in [9.17, 15) is 14.4 Å². The second kappa shape index (κ2) is 9.34. The van der Waals surface area contributed by atoms with Crippen molar-refractivity contribution in [1.82, 2.24) is 9.47 Å². The van der Waals surface area contributed by atoms with Gasteiger partial charge in [-0.25, -0.2) is 0 Å². The zero-order valence-corrected chi connectivity index (χ0v) is 20.0. The van der Waals surface area contributed by atoms with E-state index in [1.165, 1.54) is 0 Å². The van der Waals surface area contributed by atoms with Crippen LogP contribution in [0.2, 0.25) is 0 Å². The third kappa shape index (κ3) is 4.81. The number of halogens is 1. The van der Waals surface area contributed by atoms with E-state index >= 15 is 0 Å². The highest BCUT2D eigenvalue weighted by molar-refractivity contribution is 9.10. The van der Waals surface area contributed by atoms with Crippen molar-refractivity contribution in [2.75, 3.05) is 6.54 Å². The highest BCUT2D eigenvalue weighted by Gasteiger charge is 2.37. The Morgan fingerprint density at radius 3 is 2.56 bits per heavy atom. The molecule has 0 aliphatic carbocycles. The molecule has 2 amide bonds. The standard InChI is InChI=1S/C24H21BrN2O4S/c1-15(2)31-22(28)14-27-23(29)21(32-24(27)30)11-17-13-26(20-6-4-3-5-19(17)20)12-16-7-9-18(25)10-8-16/h3-11,13,15H,12,14H2,1-2H3/b21-11-. The van der Waals surface area contributed by atoms with Crippen LogP contribution in [-0.2, 0) is 20.9 Å². The Bertz CT molecular complexity index is 1230. The summed E-state index contributed by atoms with van der Waals surface area (Å²) in [5.41, 5.74) is 3.01. The SMILES string of the molecule is CC(C)OC(=O)CN1C(=O)S/C(=C\c2cn(Cc3ccc(Br)cc3)c3ccccc23)C1=O. The number of ether oxygens (including phenoxy) is 1. The number of esters is 1. The molecule has 1 aliphatic heterocycles. The molecule has 4 rings (SSSR count). The monoisotopic (exact) mass is 512 g/mol. The van der Waals surface area contributed by atoms with Crippen molar-refractivity contribution in [3.63, 3.8) is 0 Å². The lowest BCUT2D eigenvalue weighted by molar-refractivity contribution is -0.149. The largest absolute Gasteiger partial charge is 0.462 e. The number of carbonyl (C=O) groups is 3. The summed E-state index contributed by atoms with van der Waals surface area (Å²) < 4.78 is 8.21. The molecule has 0 atom stereocenters. The van der Waals surface area contributed by atoms with Gasteiger partial charge in [-0.05, 0) is 55.4 Å². The number of amides is 2. The van der Waals surface area contributed by atoms with Gasteiger partial charge in [-0.2, -0.15) is 0 Å². The molecule has 8 heteroatoms. The van der Waals surface area contributed by atoms with Crippen molar-refractivity contribution in [2.45, 2.75) is 26.5 Å². The molecule has 2 heterocycles. The van der Waals surface area contributed by atoms with Gasteiger partial charge in [0.05, 0.1) is 11.0 Å². The van der Waals surface area contributed by atoms with Crippen LogP contribution in [0.25, 0.3) is 17.0 Å². The summed E-state index contributed by atoms with van der Waals surface area (Å²) in [5, 5.41) is 0.510. The highest BCUT2D eigenvalue weighted by Crippen LogP contribution is 2.34.